The standard InChI is InChI=1S/C20H22N3O6P/c1-2-18(24)16-5-3-4-6-19(16)29-20-13-15(7-8-17(20)23(25)26)14-28-30(27,21-9-10-21)22-11-12-22/h3-8,13H,2,9-12,14H2,1H3. The third-order valence-electron chi connectivity index (χ3n) is 4.91. The van der Waals surface area contributed by atoms with Gasteiger partial charge in [-0.05, 0) is 29.8 Å². The van der Waals surface area contributed by atoms with E-state index in [9.17, 15) is 19.5 Å². The highest BCUT2D eigenvalue weighted by Gasteiger charge is 2.49. The van der Waals surface area contributed by atoms with Crippen molar-refractivity contribution >= 4 is 19.1 Å². The number of benzene rings is 2. The number of rotatable bonds is 10. The third kappa shape index (κ3) is 4.29. The van der Waals surface area contributed by atoms with Gasteiger partial charge >= 0.3 is 13.4 Å². The molecule has 9 nitrogen and oxygen atoms in total. The van der Waals surface area contributed by atoms with Crippen molar-refractivity contribution in [2.75, 3.05) is 26.2 Å². The van der Waals surface area contributed by atoms with Gasteiger partial charge in [0.05, 0.1) is 17.1 Å². The molecule has 0 aromatic heterocycles. The van der Waals surface area contributed by atoms with Crippen molar-refractivity contribution < 1.29 is 23.5 Å². The van der Waals surface area contributed by atoms with Gasteiger partial charge in [0.25, 0.3) is 0 Å². The Bertz CT molecular complexity index is 1020. The summed E-state index contributed by atoms with van der Waals surface area (Å²) in [6.07, 6.45) is 0.290. The average molecular weight is 431 g/mol. The molecule has 0 unspecified atom stereocenters. The van der Waals surface area contributed by atoms with Crippen LogP contribution >= 0.6 is 7.67 Å². The zero-order valence-electron chi connectivity index (χ0n) is 16.5. The van der Waals surface area contributed by atoms with Crippen LogP contribution in [-0.4, -0.2) is 46.2 Å². The molecule has 2 aromatic rings. The molecular weight excluding hydrogens is 409 g/mol. The number of nitro benzene ring substituents is 1. The molecule has 2 aliphatic heterocycles. The molecular formula is C20H22N3O6P. The molecule has 2 heterocycles. The van der Waals surface area contributed by atoms with Crippen LogP contribution in [0.3, 0.4) is 0 Å². The highest BCUT2D eigenvalue weighted by molar-refractivity contribution is 7.54. The Morgan fingerprint density at radius 2 is 1.77 bits per heavy atom. The van der Waals surface area contributed by atoms with Gasteiger partial charge in [-0.25, -0.2) is 9.34 Å². The van der Waals surface area contributed by atoms with Crippen LogP contribution in [0, 0.1) is 10.1 Å². The first kappa shape index (κ1) is 20.7. The summed E-state index contributed by atoms with van der Waals surface area (Å²) in [7, 11) is -3.00. The van der Waals surface area contributed by atoms with E-state index in [1.165, 1.54) is 12.1 Å². The number of para-hydroxylation sites is 1. The molecule has 0 bridgehead atoms. The molecule has 4 rings (SSSR count). The fourth-order valence-electron chi connectivity index (χ4n) is 3.07. The first-order valence-corrected chi connectivity index (χ1v) is 11.3. The van der Waals surface area contributed by atoms with Gasteiger partial charge in [0.15, 0.2) is 5.78 Å². The normalized spacial score (nSPS) is 16.3. The summed E-state index contributed by atoms with van der Waals surface area (Å²) >= 11 is 0. The summed E-state index contributed by atoms with van der Waals surface area (Å²) in [6.45, 7) is 4.74. The molecule has 0 aliphatic carbocycles. The van der Waals surface area contributed by atoms with E-state index in [4.69, 9.17) is 9.26 Å². The van der Waals surface area contributed by atoms with Crippen molar-refractivity contribution in [3.8, 4) is 11.5 Å². The molecule has 2 aromatic carbocycles. The zero-order chi connectivity index (χ0) is 21.3. The Morgan fingerprint density at radius 3 is 2.37 bits per heavy atom. The highest BCUT2D eigenvalue weighted by atomic mass is 31.2. The molecule has 0 saturated carbocycles. The molecule has 2 saturated heterocycles. The summed E-state index contributed by atoms with van der Waals surface area (Å²) in [5.74, 6) is 0.140. The minimum Gasteiger partial charge on any atom is -0.449 e. The summed E-state index contributed by atoms with van der Waals surface area (Å²) in [4.78, 5) is 23.1. The van der Waals surface area contributed by atoms with Gasteiger partial charge in [0.2, 0.25) is 5.75 Å². The molecule has 0 spiro atoms. The fraction of sp³-hybridized carbons (Fsp3) is 0.350. The second-order valence-electron chi connectivity index (χ2n) is 7.11. The smallest absolute Gasteiger partial charge is 0.346 e. The predicted octanol–water partition coefficient (Wildman–Crippen LogP) is 4.24. The first-order valence-electron chi connectivity index (χ1n) is 9.75. The minimum absolute atomic E-state index is 0.00532. The molecule has 10 heteroatoms. The second kappa shape index (κ2) is 8.28. The Kier molecular flexibility index (Phi) is 5.71. The Hall–Kier alpha value is -2.58. The predicted molar refractivity (Wildman–Crippen MR) is 110 cm³/mol. The van der Waals surface area contributed by atoms with E-state index >= 15 is 0 Å². The molecule has 2 aliphatic rings. The Morgan fingerprint density at radius 1 is 1.10 bits per heavy atom. The largest absolute Gasteiger partial charge is 0.449 e. The number of carbonyl (C=O) groups is 1. The maximum absolute atomic E-state index is 13.1. The molecule has 0 atom stereocenters. The van der Waals surface area contributed by atoms with Crippen LogP contribution in [0.25, 0.3) is 0 Å². The topological polar surface area (TPSA) is 102 Å². The number of nitrogens with zero attached hydrogens (tertiary/aromatic N) is 3. The monoisotopic (exact) mass is 431 g/mol. The van der Waals surface area contributed by atoms with Crippen LogP contribution in [0.4, 0.5) is 5.69 Å². The van der Waals surface area contributed by atoms with Crippen molar-refractivity contribution in [3.63, 3.8) is 0 Å². The third-order valence-corrected chi connectivity index (χ3v) is 7.61. The van der Waals surface area contributed by atoms with Crippen molar-refractivity contribution in [1.82, 2.24) is 9.34 Å². The van der Waals surface area contributed by atoms with Crippen molar-refractivity contribution in [2.45, 2.75) is 20.0 Å². The van der Waals surface area contributed by atoms with E-state index in [2.05, 4.69) is 0 Å². The van der Waals surface area contributed by atoms with Crippen LogP contribution in [0.5, 0.6) is 11.5 Å². The lowest BCUT2D eigenvalue weighted by molar-refractivity contribution is -0.385. The van der Waals surface area contributed by atoms with Crippen LogP contribution in [-0.2, 0) is 15.7 Å². The maximum Gasteiger partial charge on any atom is 0.346 e. The Balaban J connectivity index is 1.59. The highest BCUT2D eigenvalue weighted by Crippen LogP contribution is 2.61. The van der Waals surface area contributed by atoms with Crippen molar-refractivity contribution in [3.05, 3.63) is 63.7 Å². The zero-order valence-corrected chi connectivity index (χ0v) is 17.4. The van der Waals surface area contributed by atoms with Crippen molar-refractivity contribution in [1.29, 1.82) is 0 Å². The van der Waals surface area contributed by atoms with Crippen LogP contribution in [0.2, 0.25) is 0 Å². The Labute approximate surface area is 173 Å². The number of ether oxygens (including phenoxy) is 1. The summed E-state index contributed by atoms with van der Waals surface area (Å²) in [5, 5.41) is 11.5. The molecule has 0 N–H and O–H groups in total. The van der Waals surface area contributed by atoms with Gasteiger partial charge in [0.1, 0.15) is 5.75 Å². The van der Waals surface area contributed by atoms with Gasteiger partial charge in [-0.1, -0.05) is 19.1 Å². The van der Waals surface area contributed by atoms with Gasteiger partial charge in [-0.15, -0.1) is 0 Å². The number of nitro groups is 1. The number of carbonyl (C=O) groups excluding carboxylic acids is 1. The number of hydrogen-bond acceptors (Lipinski definition) is 6. The lowest BCUT2D eigenvalue weighted by Crippen LogP contribution is -2.08. The quantitative estimate of drug-likeness (QED) is 0.181. The van der Waals surface area contributed by atoms with E-state index in [1.54, 1.807) is 46.6 Å². The number of Topliss-reactive ketones (excluding diaryl/α,β-unsaturated/α-hetero) is 1. The molecule has 30 heavy (non-hydrogen) atoms. The minimum atomic E-state index is -3.00. The van der Waals surface area contributed by atoms with E-state index in [-0.39, 0.29) is 29.6 Å². The number of hydrogen-bond donors (Lipinski definition) is 0. The van der Waals surface area contributed by atoms with Crippen molar-refractivity contribution in [2.24, 2.45) is 0 Å². The molecule has 0 radical (unpaired) electrons. The first-order chi connectivity index (χ1) is 14.4. The van der Waals surface area contributed by atoms with E-state index in [0.29, 0.717) is 17.5 Å². The van der Waals surface area contributed by atoms with E-state index in [0.717, 1.165) is 26.2 Å². The van der Waals surface area contributed by atoms with Gasteiger partial charge in [-0.2, -0.15) is 0 Å². The van der Waals surface area contributed by atoms with Gasteiger partial charge < -0.3 is 9.26 Å². The SMILES string of the molecule is CCC(=O)c1ccccc1Oc1cc(COP(=O)(N2CC2)N2CC2)ccc1[N+](=O)[O-]. The van der Waals surface area contributed by atoms with Gasteiger partial charge in [-0.3, -0.25) is 19.5 Å². The average Bonchev–Trinajstić information content (AvgIpc) is 3.64. The molecule has 0 amide bonds. The molecule has 2 fully saturated rings. The summed E-state index contributed by atoms with van der Waals surface area (Å²) in [5.41, 5.74) is 0.736. The van der Waals surface area contributed by atoms with Crippen LogP contribution in [0.1, 0.15) is 29.3 Å². The van der Waals surface area contributed by atoms with Gasteiger partial charge in [0, 0.05) is 38.7 Å². The summed E-state index contributed by atoms with van der Waals surface area (Å²) in [6, 6.07) is 11.0. The van der Waals surface area contributed by atoms with Crippen LogP contribution in [0.15, 0.2) is 42.5 Å². The van der Waals surface area contributed by atoms with Crippen LogP contribution < -0.4 is 4.74 Å². The number of ketones is 1. The lowest BCUT2D eigenvalue weighted by atomic mass is 10.1. The lowest BCUT2D eigenvalue weighted by Gasteiger charge is -2.20. The van der Waals surface area contributed by atoms with E-state index < -0.39 is 12.6 Å². The summed E-state index contributed by atoms with van der Waals surface area (Å²) < 4.78 is 28.3. The maximum atomic E-state index is 13.1. The molecule has 158 valence electrons. The van der Waals surface area contributed by atoms with E-state index in [1.807, 2.05) is 0 Å². The second-order valence-corrected chi connectivity index (χ2v) is 9.48. The fourth-order valence-corrected chi connectivity index (χ4v) is 5.26.